The molecule has 1 atom stereocenters. The number of rotatable bonds is 2. The molecule has 1 nitrogen and oxygen atoms in total. The lowest BCUT2D eigenvalue weighted by Crippen LogP contribution is -2.15. The summed E-state index contributed by atoms with van der Waals surface area (Å²) in [4.78, 5) is 0. The second kappa shape index (κ2) is 5.16. The summed E-state index contributed by atoms with van der Waals surface area (Å²) < 4.78 is 0. The van der Waals surface area contributed by atoms with Crippen molar-refractivity contribution in [3.63, 3.8) is 0 Å². The first kappa shape index (κ1) is 11.2. The molecule has 0 aromatic heterocycles. The zero-order valence-corrected chi connectivity index (χ0v) is 9.95. The Labute approximate surface area is 98.1 Å². The average Bonchev–Trinajstić information content (AvgIpc) is 2.34. The molecule has 1 aliphatic carbocycles. The molecule has 1 unspecified atom stereocenters. The highest BCUT2D eigenvalue weighted by molar-refractivity contribution is 5.29. The van der Waals surface area contributed by atoms with E-state index in [0.717, 1.165) is 0 Å². The third kappa shape index (κ3) is 2.44. The maximum atomic E-state index is 9.35. The Bertz CT molecular complexity index is 365. The van der Waals surface area contributed by atoms with Gasteiger partial charge in [-0.1, -0.05) is 49.1 Å². The van der Waals surface area contributed by atoms with E-state index in [1.807, 2.05) is 0 Å². The summed E-state index contributed by atoms with van der Waals surface area (Å²) in [6.45, 7) is 2.09. The van der Waals surface area contributed by atoms with E-state index in [1.165, 1.54) is 43.2 Å². The molecular weight excluding hydrogens is 194 g/mol. The Morgan fingerprint density at radius 1 is 1.12 bits per heavy atom. The van der Waals surface area contributed by atoms with Crippen LogP contribution in [0.25, 0.3) is 0 Å². The fourth-order valence-electron chi connectivity index (χ4n) is 2.69. The highest BCUT2D eigenvalue weighted by atomic mass is 14.3. The molecule has 0 radical (unpaired) electrons. The Balaban J connectivity index is 2.15. The number of nitriles is 1. The molecule has 1 aromatic rings. The van der Waals surface area contributed by atoms with Crippen molar-refractivity contribution >= 4 is 0 Å². The third-order valence-electron chi connectivity index (χ3n) is 3.70. The first-order valence-corrected chi connectivity index (χ1v) is 6.27. The van der Waals surface area contributed by atoms with Crippen LogP contribution in [0.1, 0.15) is 49.1 Å². The quantitative estimate of drug-likeness (QED) is 0.723. The van der Waals surface area contributed by atoms with Gasteiger partial charge in [0.05, 0.1) is 12.0 Å². The van der Waals surface area contributed by atoms with Crippen LogP contribution < -0.4 is 0 Å². The van der Waals surface area contributed by atoms with Gasteiger partial charge in [-0.15, -0.1) is 0 Å². The summed E-state index contributed by atoms with van der Waals surface area (Å²) in [7, 11) is 0. The van der Waals surface area contributed by atoms with E-state index in [1.54, 1.807) is 0 Å². The van der Waals surface area contributed by atoms with Gasteiger partial charge in [-0.3, -0.25) is 0 Å². The predicted molar refractivity (Wildman–Crippen MR) is 66.1 cm³/mol. The van der Waals surface area contributed by atoms with E-state index >= 15 is 0 Å². The Kier molecular flexibility index (Phi) is 3.62. The van der Waals surface area contributed by atoms with E-state index in [9.17, 15) is 5.26 Å². The lowest BCUT2D eigenvalue weighted by Gasteiger charge is -2.26. The minimum absolute atomic E-state index is 0.112. The van der Waals surface area contributed by atoms with Crippen LogP contribution >= 0.6 is 0 Å². The Morgan fingerprint density at radius 3 is 2.31 bits per heavy atom. The largest absolute Gasteiger partial charge is 0.198 e. The predicted octanol–water partition coefficient (Wildman–Crippen LogP) is 4.18. The van der Waals surface area contributed by atoms with Crippen molar-refractivity contribution < 1.29 is 0 Å². The van der Waals surface area contributed by atoms with Crippen LogP contribution in [0.5, 0.6) is 0 Å². The summed E-state index contributed by atoms with van der Waals surface area (Å²) in [6, 6.07) is 11.0. The van der Waals surface area contributed by atoms with Gasteiger partial charge in [0.25, 0.3) is 0 Å². The van der Waals surface area contributed by atoms with Gasteiger partial charge in [0, 0.05) is 0 Å². The maximum Gasteiger partial charge on any atom is 0.0740 e. The van der Waals surface area contributed by atoms with Crippen molar-refractivity contribution in [2.24, 2.45) is 5.92 Å². The monoisotopic (exact) mass is 213 g/mol. The van der Waals surface area contributed by atoms with Gasteiger partial charge in [-0.25, -0.2) is 0 Å². The maximum absolute atomic E-state index is 9.35. The highest BCUT2D eigenvalue weighted by Crippen LogP contribution is 2.35. The smallest absolute Gasteiger partial charge is 0.0740 e. The van der Waals surface area contributed by atoms with Gasteiger partial charge >= 0.3 is 0 Å². The van der Waals surface area contributed by atoms with Crippen molar-refractivity contribution in [2.45, 2.75) is 44.9 Å². The lowest BCUT2D eigenvalue weighted by atomic mass is 9.77. The van der Waals surface area contributed by atoms with E-state index < -0.39 is 0 Å². The Morgan fingerprint density at radius 2 is 1.75 bits per heavy atom. The molecule has 0 heterocycles. The van der Waals surface area contributed by atoms with Gasteiger partial charge in [0.15, 0.2) is 0 Å². The van der Waals surface area contributed by atoms with Crippen molar-refractivity contribution in [1.82, 2.24) is 0 Å². The van der Waals surface area contributed by atoms with E-state index in [-0.39, 0.29) is 5.92 Å². The molecule has 1 aliphatic rings. The molecule has 16 heavy (non-hydrogen) atoms. The minimum atomic E-state index is 0.112. The first-order valence-electron chi connectivity index (χ1n) is 6.27. The van der Waals surface area contributed by atoms with Crippen LogP contribution in [0.15, 0.2) is 24.3 Å². The summed E-state index contributed by atoms with van der Waals surface area (Å²) >= 11 is 0. The number of nitrogens with zero attached hydrogens (tertiary/aromatic N) is 1. The van der Waals surface area contributed by atoms with E-state index in [4.69, 9.17) is 0 Å². The molecule has 0 saturated heterocycles. The molecule has 1 saturated carbocycles. The summed E-state index contributed by atoms with van der Waals surface area (Å²) in [6.07, 6.45) is 6.41. The fraction of sp³-hybridized carbons (Fsp3) is 0.533. The molecule has 84 valence electrons. The molecule has 1 fully saturated rings. The van der Waals surface area contributed by atoms with Crippen LogP contribution in [0, 0.1) is 24.2 Å². The molecule has 1 aromatic carbocycles. The number of benzene rings is 1. The fourth-order valence-corrected chi connectivity index (χ4v) is 2.69. The molecule has 0 N–H and O–H groups in total. The number of hydrogen-bond acceptors (Lipinski definition) is 1. The molecule has 1 heteroatoms. The third-order valence-corrected chi connectivity index (χ3v) is 3.70. The van der Waals surface area contributed by atoms with Crippen LogP contribution in [0.2, 0.25) is 0 Å². The summed E-state index contributed by atoms with van der Waals surface area (Å²) in [5.74, 6) is 0.697. The SMILES string of the molecule is Cc1ccc(C(C#N)C2CCCCC2)cc1. The van der Waals surface area contributed by atoms with Gasteiger partial charge in [0.1, 0.15) is 0 Å². The van der Waals surface area contributed by atoms with E-state index in [0.29, 0.717) is 5.92 Å². The number of hydrogen-bond donors (Lipinski definition) is 0. The van der Waals surface area contributed by atoms with E-state index in [2.05, 4.69) is 37.3 Å². The first-order chi connectivity index (χ1) is 7.81. The van der Waals surface area contributed by atoms with Crippen molar-refractivity contribution in [2.75, 3.05) is 0 Å². The summed E-state index contributed by atoms with van der Waals surface area (Å²) in [5, 5.41) is 9.35. The van der Waals surface area contributed by atoms with Crippen LogP contribution in [0.3, 0.4) is 0 Å². The highest BCUT2D eigenvalue weighted by Gasteiger charge is 2.24. The van der Waals surface area contributed by atoms with Gasteiger partial charge in [-0.05, 0) is 31.2 Å². The standard InChI is InChI=1S/C15H19N/c1-12-7-9-14(10-8-12)15(11-16)13-5-3-2-4-6-13/h7-10,13,15H,2-6H2,1H3. The molecule has 0 aliphatic heterocycles. The zero-order chi connectivity index (χ0) is 11.4. The van der Waals surface area contributed by atoms with Gasteiger partial charge in [0.2, 0.25) is 0 Å². The van der Waals surface area contributed by atoms with Gasteiger partial charge < -0.3 is 0 Å². The van der Waals surface area contributed by atoms with Crippen molar-refractivity contribution in [3.05, 3.63) is 35.4 Å². The summed E-state index contributed by atoms with van der Waals surface area (Å²) in [5.41, 5.74) is 2.48. The molecule has 0 spiro atoms. The van der Waals surface area contributed by atoms with Crippen molar-refractivity contribution in [1.29, 1.82) is 5.26 Å². The van der Waals surface area contributed by atoms with Gasteiger partial charge in [-0.2, -0.15) is 5.26 Å². The second-order valence-corrected chi connectivity index (χ2v) is 4.92. The minimum Gasteiger partial charge on any atom is -0.198 e. The lowest BCUT2D eigenvalue weighted by molar-refractivity contribution is 0.335. The molecular formula is C15H19N. The molecule has 0 amide bonds. The van der Waals surface area contributed by atoms with Crippen LogP contribution in [0.4, 0.5) is 0 Å². The normalized spacial score (nSPS) is 19.0. The number of aryl methyl sites for hydroxylation is 1. The second-order valence-electron chi connectivity index (χ2n) is 4.92. The molecule has 2 rings (SSSR count). The Hall–Kier alpha value is -1.29. The molecule has 0 bridgehead atoms. The van der Waals surface area contributed by atoms with Crippen LogP contribution in [-0.4, -0.2) is 0 Å². The zero-order valence-electron chi connectivity index (χ0n) is 9.95. The average molecular weight is 213 g/mol. The van der Waals surface area contributed by atoms with Crippen LogP contribution in [-0.2, 0) is 0 Å². The van der Waals surface area contributed by atoms with Crippen molar-refractivity contribution in [3.8, 4) is 6.07 Å². The topological polar surface area (TPSA) is 23.8 Å².